The molecule has 1 amide bonds. The molecule has 1 aliphatic carbocycles. The van der Waals surface area contributed by atoms with Crippen molar-refractivity contribution in [1.29, 1.82) is 0 Å². The predicted molar refractivity (Wildman–Crippen MR) is 174 cm³/mol. The number of benzene rings is 2. The van der Waals surface area contributed by atoms with Crippen LogP contribution in [-0.2, 0) is 12.8 Å². The van der Waals surface area contributed by atoms with Gasteiger partial charge in [0.15, 0.2) is 0 Å². The summed E-state index contributed by atoms with van der Waals surface area (Å²) in [6.07, 6.45) is 13.5. The average molecular weight is 656 g/mol. The number of hydrogen-bond donors (Lipinski definition) is 1. The van der Waals surface area contributed by atoms with E-state index in [2.05, 4.69) is 80.5 Å². The Morgan fingerprint density at radius 1 is 0.900 bits per heavy atom. The fraction of sp³-hybridized carbons (Fsp3) is 0.629. The third-order valence-electron chi connectivity index (χ3n) is 9.25. The molecule has 0 heterocycles. The first-order valence-corrected chi connectivity index (χ1v) is 23.7. The van der Waals surface area contributed by atoms with Gasteiger partial charge in [-0.1, -0.05) is 6.07 Å². The summed E-state index contributed by atoms with van der Waals surface area (Å²) in [7, 11) is 4.00. The minimum absolute atomic E-state index is 0.0780. The number of amides is 1. The van der Waals surface area contributed by atoms with E-state index in [9.17, 15) is 4.79 Å². The fourth-order valence-corrected chi connectivity index (χ4v) is 22.4. The van der Waals surface area contributed by atoms with Crippen molar-refractivity contribution in [3.8, 4) is 5.75 Å². The number of fused-ring (bicyclic) bond motifs is 1. The van der Waals surface area contributed by atoms with Crippen molar-refractivity contribution in [1.82, 2.24) is 10.2 Å². The number of ether oxygens (including phenoxy) is 1. The standard InChI is InChI=1S/C23H29N2O2.3C4H9.Sn/c1-25(15-7-6-14-24-23(26)19-8-4-3-5-9-19)21-12-10-18-11-13-22(27-2)17-20(18)16-21;3*1-3-4-2;/h4-5,8-9,11,13,17,21H,6-7,10,12,14-16H2,1-2H3,(H,24,26);3*1,3-4H2,2H3;/t21-;;;;/m1..../s1. The first-order chi connectivity index (χ1) is 19.5. The maximum absolute atomic E-state index is 12.9. The first-order valence-electron chi connectivity index (χ1n) is 16.2. The molecule has 0 bridgehead atoms. The number of methoxy groups -OCH3 is 1. The topological polar surface area (TPSA) is 41.6 Å². The van der Waals surface area contributed by atoms with Crippen molar-refractivity contribution in [2.24, 2.45) is 0 Å². The molecule has 0 saturated heterocycles. The molecule has 0 aromatic heterocycles. The first kappa shape index (κ1) is 33.0. The van der Waals surface area contributed by atoms with E-state index in [4.69, 9.17) is 4.74 Å². The molecular weight excluding hydrogens is 599 g/mol. The molecule has 2 aromatic carbocycles. The summed E-state index contributed by atoms with van der Waals surface area (Å²) in [6, 6.07) is 16.0. The molecule has 1 aliphatic rings. The molecule has 1 N–H and O–H groups in total. The van der Waals surface area contributed by atoms with Gasteiger partial charge in [-0.3, -0.25) is 0 Å². The quantitative estimate of drug-likeness (QED) is 0.132. The summed E-state index contributed by atoms with van der Waals surface area (Å²) < 4.78 is 11.5. The second-order valence-corrected chi connectivity index (χ2v) is 25.4. The third-order valence-corrected chi connectivity index (χ3v) is 24.9. The van der Waals surface area contributed by atoms with E-state index in [1.54, 1.807) is 10.7 Å². The molecule has 1 atom stereocenters. The van der Waals surface area contributed by atoms with Crippen molar-refractivity contribution in [2.75, 3.05) is 27.2 Å². The van der Waals surface area contributed by atoms with Gasteiger partial charge in [-0.05, 0) is 42.5 Å². The molecule has 5 heteroatoms. The number of carbonyl (C=O) groups excluding carboxylic acids is 1. The molecule has 40 heavy (non-hydrogen) atoms. The van der Waals surface area contributed by atoms with Crippen molar-refractivity contribution in [2.45, 2.75) is 111 Å². The fourth-order valence-electron chi connectivity index (χ4n) is 6.52. The Morgan fingerprint density at radius 3 is 2.15 bits per heavy atom. The van der Waals surface area contributed by atoms with E-state index in [0.717, 1.165) is 50.1 Å². The van der Waals surface area contributed by atoms with Gasteiger partial charge in [0.1, 0.15) is 5.75 Å². The number of nitrogens with one attached hydrogen (secondary N) is 1. The van der Waals surface area contributed by atoms with Crippen LogP contribution in [0.25, 0.3) is 0 Å². The molecular formula is C35H56N2O2Sn. The van der Waals surface area contributed by atoms with Gasteiger partial charge in [0.2, 0.25) is 0 Å². The third kappa shape index (κ3) is 9.51. The number of nitrogens with zero attached hydrogens (tertiary/aromatic N) is 1. The van der Waals surface area contributed by atoms with Crippen LogP contribution in [0.3, 0.4) is 0 Å². The van der Waals surface area contributed by atoms with Gasteiger partial charge in [0.05, 0.1) is 7.11 Å². The van der Waals surface area contributed by atoms with E-state index in [1.807, 2.05) is 0 Å². The van der Waals surface area contributed by atoms with Crippen LogP contribution in [0, 0.1) is 0 Å². The summed E-state index contributed by atoms with van der Waals surface area (Å²) in [5.41, 5.74) is 3.72. The van der Waals surface area contributed by atoms with E-state index in [0.29, 0.717) is 6.04 Å². The number of hydrogen-bond acceptors (Lipinski definition) is 3. The molecule has 2 aromatic rings. The molecule has 4 nitrogen and oxygen atoms in total. The summed E-state index contributed by atoms with van der Waals surface area (Å²) in [5.74, 6) is 1.04. The molecule has 3 rings (SSSR count). The van der Waals surface area contributed by atoms with Crippen molar-refractivity contribution in [3.63, 3.8) is 0 Å². The number of aryl methyl sites for hydroxylation is 1. The van der Waals surface area contributed by atoms with Gasteiger partial charge in [-0.25, -0.2) is 0 Å². The van der Waals surface area contributed by atoms with Gasteiger partial charge in [0.25, 0.3) is 0 Å². The van der Waals surface area contributed by atoms with Crippen LogP contribution in [0.15, 0.2) is 42.5 Å². The molecule has 0 fully saturated rings. The summed E-state index contributed by atoms with van der Waals surface area (Å²) >= 11 is -2.43. The van der Waals surface area contributed by atoms with E-state index in [1.165, 1.54) is 69.4 Å². The van der Waals surface area contributed by atoms with Crippen LogP contribution in [0.5, 0.6) is 5.75 Å². The summed E-state index contributed by atoms with van der Waals surface area (Å²) in [5, 5.41) is 3.18. The normalized spacial score (nSPS) is 15.2. The maximum atomic E-state index is 12.9. The Bertz CT molecular complexity index is 1000. The van der Waals surface area contributed by atoms with Crippen LogP contribution in [0.4, 0.5) is 0 Å². The molecule has 0 aliphatic heterocycles. The Hall–Kier alpha value is -1.53. The minimum atomic E-state index is -2.43. The molecule has 222 valence electrons. The average Bonchev–Trinajstić information content (AvgIpc) is 3.00. The zero-order chi connectivity index (χ0) is 28.8. The monoisotopic (exact) mass is 656 g/mol. The van der Waals surface area contributed by atoms with E-state index in [-0.39, 0.29) is 5.91 Å². The SMILES string of the molecule is CCC[CH2][Sn]([CH2]CCC)([CH2]CCC)[c]1ccc(C(=O)NCCCCN(C)[C@@H]2CCc3ccc(OC)cc3C2)cc1. The van der Waals surface area contributed by atoms with Crippen molar-refractivity contribution < 1.29 is 9.53 Å². The van der Waals surface area contributed by atoms with Crippen molar-refractivity contribution in [3.05, 3.63) is 59.2 Å². The molecule has 0 spiro atoms. The van der Waals surface area contributed by atoms with Crippen LogP contribution < -0.4 is 13.6 Å². The summed E-state index contributed by atoms with van der Waals surface area (Å²) in [6.45, 7) is 8.79. The van der Waals surface area contributed by atoms with Crippen LogP contribution in [-0.4, -0.2) is 62.5 Å². The molecule has 0 radical (unpaired) electrons. The second kappa shape index (κ2) is 17.4. The van der Waals surface area contributed by atoms with Gasteiger partial charge < -0.3 is 4.74 Å². The number of unbranched alkanes of at least 4 members (excludes halogenated alkanes) is 4. The van der Waals surface area contributed by atoms with Crippen LogP contribution in [0.1, 0.15) is 100 Å². The van der Waals surface area contributed by atoms with E-state index < -0.39 is 18.4 Å². The summed E-state index contributed by atoms with van der Waals surface area (Å²) in [4.78, 5) is 15.4. The van der Waals surface area contributed by atoms with Gasteiger partial charge in [-0.2, -0.15) is 0 Å². The predicted octanol–water partition coefficient (Wildman–Crippen LogP) is 7.75. The van der Waals surface area contributed by atoms with Gasteiger partial charge in [-0.15, -0.1) is 0 Å². The van der Waals surface area contributed by atoms with Crippen LogP contribution in [0.2, 0.25) is 13.3 Å². The molecule has 0 saturated carbocycles. The Labute approximate surface area is 249 Å². The zero-order valence-electron chi connectivity index (χ0n) is 26.2. The van der Waals surface area contributed by atoms with Crippen LogP contribution >= 0.6 is 0 Å². The Balaban J connectivity index is 1.46. The van der Waals surface area contributed by atoms with Gasteiger partial charge >= 0.3 is 184 Å². The Morgan fingerprint density at radius 2 is 1.55 bits per heavy atom. The van der Waals surface area contributed by atoms with Gasteiger partial charge in [0, 0.05) is 0 Å². The second-order valence-electron chi connectivity index (χ2n) is 12.1. The number of likely N-dealkylation sites (N-methyl/N-ethyl adjacent to an activating group) is 1. The van der Waals surface area contributed by atoms with Crippen molar-refractivity contribution >= 4 is 27.9 Å². The molecule has 0 unspecified atom stereocenters. The zero-order valence-corrected chi connectivity index (χ0v) is 29.1. The Kier molecular flexibility index (Phi) is 14.4. The number of carbonyl (C=O) groups is 1. The van der Waals surface area contributed by atoms with E-state index >= 15 is 0 Å². The number of rotatable bonds is 18.